The number of carbonyl (C=O) groups excluding carboxylic acids is 2. The molecule has 0 aliphatic heterocycles. The molecule has 0 unspecified atom stereocenters. The highest BCUT2D eigenvalue weighted by Crippen LogP contribution is 2.23. The fourth-order valence-electron chi connectivity index (χ4n) is 3.21. The van der Waals surface area contributed by atoms with Crippen molar-refractivity contribution in [3.63, 3.8) is 0 Å². The molecule has 35 heavy (non-hydrogen) atoms. The van der Waals surface area contributed by atoms with Gasteiger partial charge in [-0.15, -0.1) is 0 Å². The number of hydrogen-bond acceptors (Lipinski definition) is 6. The molecular weight excluding hydrogens is 446 g/mol. The van der Waals surface area contributed by atoms with Gasteiger partial charge in [0.2, 0.25) is 5.91 Å². The highest BCUT2D eigenvalue weighted by molar-refractivity contribution is 5.98. The smallest absolute Gasteiger partial charge is 0.251 e. The topological polar surface area (TPSA) is 97.9 Å². The van der Waals surface area contributed by atoms with Crippen LogP contribution in [0.4, 0.5) is 11.4 Å². The van der Waals surface area contributed by atoms with E-state index in [0.29, 0.717) is 49.1 Å². The van der Waals surface area contributed by atoms with E-state index in [2.05, 4.69) is 16.0 Å². The first-order valence-electron chi connectivity index (χ1n) is 11.5. The van der Waals surface area contributed by atoms with Crippen LogP contribution in [0.1, 0.15) is 16.8 Å². The Labute approximate surface area is 205 Å². The van der Waals surface area contributed by atoms with E-state index in [9.17, 15) is 9.59 Å². The van der Waals surface area contributed by atoms with Crippen molar-refractivity contribution in [3.8, 4) is 11.5 Å². The highest BCUT2D eigenvalue weighted by Gasteiger charge is 2.09. The van der Waals surface area contributed by atoms with E-state index >= 15 is 0 Å². The van der Waals surface area contributed by atoms with Crippen LogP contribution >= 0.6 is 0 Å². The van der Waals surface area contributed by atoms with E-state index in [4.69, 9.17) is 14.2 Å². The van der Waals surface area contributed by atoms with Crippen molar-refractivity contribution in [1.82, 2.24) is 5.32 Å². The molecule has 0 aliphatic carbocycles. The Hall–Kier alpha value is -4.04. The lowest BCUT2D eigenvalue weighted by Crippen LogP contribution is -2.25. The summed E-state index contributed by atoms with van der Waals surface area (Å²) >= 11 is 0. The molecule has 0 spiro atoms. The molecule has 3 aromatic carbocycles. The first-order chi connectivity index (χ1) is 17.2. The molecule has 0 aromatic heterocycles. The van der Waals surface area contributed by atoms with E-state index < -0.39 is 0 Å². The van der Waals surface area contributed by atoms with E-state index in [1.807, 2.05) is 54.6 Å². The summed E-state index contributed by atoms with van der Waals surface area (Å²) in [6, 6.07) is 23.8. The number of benzene rings is 3. The molecular formula is C27H31N3O5. The summed E-state index contributed by atoms with van der Waals surface area (Å²) < 4.78 is 16.5. The number of hydrogen-bond donors (Lipinski definition) is 3. The van der Waals surface area contributed by atoms with Crippen LogP contribution in [-0.2, 0) is 9.53 Å². The van der Waals surface area contributed by atoms with Gasteiger partial charge in [0.1, 0.15) is 24.7 Å². The molecule has 3 rings (SSSR count). The normalized spacial score (nSPS) is 10.3. The van der Waals surface area contributed by atoms with E-state index in [1.165, 1.54) is 0 Å². The largest absolute Gasteiger partial charge is 0.490 e. The molecule has 8 nitrogen and oxygen atoms in total. The Balaban J connectivity index is 1.45. The van der Waals surface area contributed by atoms with Gasteiger partial charge < -0.3 is 30.2 Å². The van der Waals surface area contributed by atoms with Gasteiger partial charge in [-0.25, -0.2) is 0 Å². The van der Waals surface area contributed by atoms with Gasteiger partial charge in [0.15, 0.2) is 0 Å². The maximum atomic E-state index is 12.5. The zero-order chi connectivity index (χ0) is 24.7. The molecule has 0 radical (unpaired) electrons. The summed E-state index contributed by atoms with van der Waals surface area (Å²) in [4.78, 5) is 24.8. The van der Waals surface area contributed by atoms with Gasteiger partial charge in [-0.3, -0.25) is 9.59 Å². The number of nitrogens with one attached hydrogen (secondary N) is 3. The van der Waals surface area contributed by atoms with Crippen molar-refractivity contribution < 1.29 is 23.8 Å². The van der Waals surface area contributed by atoms with Crippen molar-refractivity contribution in [1.29, 1.82) is 0 Å². The van der Waals surface area contributed by atoms with E-state index in [0.717, 1.165) is 12.2 Å². The number of ether oxygens (including phenoxy) is 3. The number of carbonyl (C=O) groups is 2. The number of methoxy groups -OCH3 is 1. The summed E-state index contributed by atoms with van der Waals surface area (Å²) in [5.74, 6) is 0.971. The molecule has 8 heteroatoms. The third-order valence-electron chi connectivity index (χ3n) is 4.90. The minimum atomic E-state index is -0.245. The Bertz CT molecular complexity index is 1080. The highest BCUT2D eigenvalue weighted by atomic mass is 16.5. The molecule has 0 aliphatic rings. The van der Waals surface area contributed by atoms with Crippen LogP contribution in [0.3, 0.4) is 0 Å². The molecule has 0 bridgehead atoms. The van der Waals surface area contributed by atoms with Gasteiger partial charge in [-0.1, -0.05) is 36.4 Å². The SMILES string of the molecule is COCCCNC(=O)c1cccc(NC(=O)CNc2ccccc2OCCOc2ccccc2)c1. The van der Waals surface area contributed by atoms with Gasteiger partial charge >= 0.3 is 0 Å². The molecule has 0 saturated heterocycles. The maximum absolute atomic E-state index is 12.5. The molecule has 0 heterocycles. The van der Waals surface area contributed by atoms with Gasteiger partial charge in [-0.2, -0.15) is 0 Å². The second-order valence-corrected chi connectivity index (χ2v) is 7.59. The Morgan fingerprint density at radius 3 is 2.43 bits per heavy atom. The molecule has 0 saturated carbocycles. The molecule has 0 fully saturated rings. The monoisotopic (exact) mass is 477 g/mol. The third kappa shape index (κ3) is 9.02. The first kappa shape index (κ1) is 25.6. The molecule has 2 amide bonds. The van der Waals surface area contributed by atoms with Crippen molar-refractivity contribution in [2.75, 3.05) is 50.7 Å². The molecule has 184 valence electrons. The standard InChI is InChI=1S/C27H31N3O5/c1-33-16-8-15-28-27(32)21-9-7-10-22(19-21)30-26(31)20-29-24-13-5-6-14-25(24)35-18-17-34-23-11-3-2-4-12-23/h2-7,9-14,19,29H,8,15-18,20H2,1H3,(H,28,32)(H,30,31). The quantitative estimate of drug-likeness (QED) is 0.304. The second kappa shape index (κ2) is 14.3. The summed E-state index contributed by atoms with van der Waals surface area (Å²) in [6.45, 7) is 1.90. The minimum Gasteiger partial charge on any atom is -0.490 e. The first-order valence-corrected chi connectivity index (χ1v) is 11.5. The lowest BCUT2D eigenvalue weighted by atomic mass is 10.2. The Kier molecular flexibility index (Phi) is 10.4. The zero-order valence-corrected chi connectivity index (χ0v) is 19.8. The Morgan fingerprint density at radius 2 is 1.60 bits per heavy atom. The van der Waals surface area contributed by atoms with Crippen molar-refractivity contribution in [3.05, 3.63) is 84.4 Å². The maximum Gasteiger partial charge on any atom is 0.251 e. The second-order valence-electron chi connectivity index (χ2n) is 7.59. The fourth-order valence-corrected chi connectivity index (χ4v) is 3.21. The van der Waals surface area contributed by atoms with Crippen LogP contribution in [0.2, 0.25) is 0 Å². The average molecular weight is 478 g/mol. The van der Waals surface area contributed by atoms with E-state index in [1.54, 1.807) is 31.4 Å². The minimum absolute atomic E-state index is 0.0360. The van der Waals surface area contributed by atoms with Gasteiger partial charge in [-0.05, 0) is 48.9 Å². The van der Waals surface area contributed by atoms with Crippen LogP contribution < -0.4 is 25.4 Å². The summed E-state index contributed by atoms with van der Waals surface area (Å²) in [6.07, 6.45) is 0.732. The van der Waals surface area contributed by atoms with Gasteiger partial charge in [0.05, 0.1) is 12.2 Å². The third-order valence-corrected chi connectivity index (χ3v) is 4.90. The van der Waals surface area contributed by atoms with Crippen LogP contribution in [-0.4, -0.2) is 51.8 Å². The summed E-state index contributed by atoms with van der Waals surface area (Å²) in [7, 11) is 1.62. The van der Waals surface area contributed by atoms with Crippen LogP contribution in [0.5, 0.6) is 11.5 Å². The number of rotatable bonds is 14. The van der Waals surface area contributed by atoms with Crippen LogP contribution in [0.15, 0.2) is 78.9 Å². The number of amides is 2. The summed E-state index contributed by atoms with van der Waals surface area (Å²) in [5.41, 5.74) is 1.72. The molecule has 3 aromatic rings. The lowest BCUT2D eigenvalue weighted by molar-refractivity contribution is -0.114. The van der Waals surface area contributed by atoms with Crippen LogP contribution in [0.25, 0.3) is 0 Å². The number of para-hydroxylation sites is 3. The molecule has 3 N–H and O–H groups in total. The predicted molar refractivity (Wildman–Crippen MR) is 136 cm³/mol. The fraction of sp³-hybridized carbons (Fsp3) is 0.259. The van der Waals surface area contributed by atoms with E-state index in [-0.39, 0.29) is 18.4 Å². The van der Waals surface area contributed by atoms with Crippen LogP contribution in [0, 0.1) is 0 Å². The van der Waals surface area contributed by atoms with Gasteiger partial charge in [0, 0.05) is 31.5 Å². The van der Waals surface area contributed by atoms with Crippen molar-refractivity contribution in [2.24, 2.45) is 0 Å². The molecule has 0 atom stereocenters. The lowest BCUT2D eigenvalue weighted by Gasteiger charge is -2.14. The van der Waals surface area contributed by atoms with Gasteiger partial charge in [0.25, 0.3) is 5.91 Å². The zero-order valence-electron chi connectivity index (χ0n) is 19.8. The Morgan fingerprint density at radius 1 is 0.829 bits per heavy atom. The van der Waals surface area contributed by atoms with Crippen molar-refractivity contribution >= 4 is 23.2 Å². The predicted octanol–water partition coefficient (Wildman–Crippen LogP) is 3.96. The summed E-state index contributed by atoms with van der Waals surface area (Å²) in [5, 5.41) is 8.74. The average Bonchev–Trinajstić information content (AvgIpc) is 2.89. The number of anilines is 2. The van der Waals surface area contributed by atoms with Crippen molar-refractivity contribution in [2.45, 2.75) is 6.42 Å².